The molecule has 1 fully saturated rings. The summed E-state index contributed by atoms with van der Waals surface area (Å²) in [6.45, 7) is 4.56. The number of phosphoric acid groups is 3. The summed E-state index contributed by atoms with van der Waals surface area (Å²) in [7, 11) is -10.7. The maximum atomic E-state index is 12.9. The maximum Gasteiger partial charge on any atom is 0.280 e. The number of nitrogens with zero attached hydrogens (tertiary/aromatic N) is 4. The average molecular weight is 757 g/mol. The van der Waals surface area contributed by atoms with E-state index in [0.717, 1.165) is 11.4 Å². The van der Waals surface area contributed by atoms with Gasteiger partial charge in [-0.15, -0.1) is 4.68 Å². The number of aromatic nitrogens is 6. The molecule has 3 aromatic rings. The molecule has 0 aromatic carbocycles. The van der Waals surface area contributed by atoms with Crippen LogP contribution < -0.4 is 30.4 Å². The van der Waals surface area contributed by atoms with E-state index in [1.54, 1.807) is 11.7 Å². The molecule has 4 rings (SSSR count). The minimum atomic E-state index is -6.17. The van der Waals surface area contributed by atoms with Crippen LogP contribution in [0, 0.1) is 11.8 Å². The summed E-state index contributed by atoms with van der Waals surface area (Å²) in [5.41, 5.74) is 7.69. The van der Waals surface area contributed by atoms with Crippen LogP contribution in [0.15, 0.2) is 12.4 Å². The standard InChI is InChI=1S/C22H33N8O14P3S/c1-22(2,3)13-6-11(29(4)28-13)7-24-14(31)9-40-17-16(39-5)12(8-41-46(35,36)44-47(37,38)43-45(32,33)34)42-20(17)30-10-25-15-18(30)26-21(23)27-19(15)48/h5-6,10,12,16-17,20H,7-9H2,1-4H3,(H8,23,24,26,27,31,32,33,34,35,36,37,38,48)/p-2/t12-,16?,17+,20-/m1/s1. The number of rotatable bonds is 14. The number of imidazole rings is 1. The number of fused-ring (bicyclic) bond motifs is 1. The first-order valence-electron chi connectivity index (χ1n) is 13.5. The highest BCUT2D eigenvalue weighted by Gasteiger charge is 2.48. The van der Waals surface area contributed by atoms with Crippen molar-refractivity contribution in [2.75, 3.05) is 18.9 Å². The molecule has 26 heteroatoms. The van der Waals surface area contributed by atoms with E-state index in [4.69, 9.17) is 44.2 Å². The summed E-state index contributed by atoms with van der Waals surface area (Å²) < 4.78 is 65.9. The van der Waals surface area contributed by atoms with Crippen LogP contribution in [-0.4, -0.2) is 66.9 Å². The van der Waals surface area contributed by atoms with Crippen molar-refractivity contribution in [3.05, 3.63) is 35.5 Å². The monoisotopic (exact) mass is 756 g/mol. The molecule has 2 radical (unpaired) electrons. The SMILES string of the molecule is [CH]OC1[C@@H](COP(=O)([O-])OP(=O)([O-])OP(=O)([O-])O)O[C@@H](n2cnc3c(=S)nc(N)[nH]c32)[C@H]1OCC(=O)NCc1cc(C(C)(C)C)[nH][n+]1C. The fraction of sp³-hybridized carbons (Fsp3) is 0.545. The van der Waals surface area contributed by atoms with E-state index in [2.05, 4.69) is 38.5 Å². The highest BCUT2D eigenvalue weighted by atomic mass is 32.1. The molecule has 22 nitrogen and oxygen atoms in total. The number of anilines is 1. The second kappa shape index (κ2) is 14.4. The Balaban J connectivity index is 1.53. The van der Waals surface area contributed by atoms with Crippen molar-refractivity contribution in [1.82, 2.24) is 29.9 Å². The Labute approximate surface area is 277 Å². The van der Waals surface area contributed by atoms with E-state index in [1.165, 1.54) is 10.9 Å². The molecule has 1 saturated heterocycles. The number of ether oxygens (including phenoxy) is 3. The van der Waals surface area contributed by atoms with Gasteiger partial charge >= 0.3 is 0 Å². The van der Waals surface area contributed by atoms with Gasteiger partial charge in [0.2, 0.25) is 11.6 Å². The van der Waals surface area contributed by atoms with E-state index in [9.17, 15) is 33.2 Å². The van der Waals surface area contributed by atoms with Crippen LogP contribution in [-0.2, 0) is 64.9 Å². The lowest BCUT2D eigenvalue weighted by Crippen LogP contribution is -2.41. The molecule has 0 spiro atoms. The number of amides is 1. The van der Waals surface area contributed by atoms with Gasteiger partial charge in [-0.25, -0.2) is 18.6 Å². The highest BCUT2D eigenvalue weighted by Crippen LogP contribution is 2.61. The maximum absolute atomic E-state index is 12.9. The molecule has 6 N–H and O–H groups in total. The van der Waals surface area contributed by atoms with Gasteiger partial charge in [0.25, 0.3) is 23.5 Å². The first kappa shape index (κ1) is 38.3. The lowest BCUT2D eigenvalue weighted by molar-refractivity contribution is -0.734. The van der Waals surface area contributed by atoms with Crippen molar-refractivity contribution >= 4 is 58.7 Å². The minimum Gasteiger partial charge on any atom is -0.756 e. The van der Waals surface area contributed by atoms with Gasteiger partial charge in [-0.2, -0.15) is 5.10 Å². The molecule has 0 bridgehead atoms. The van der Waals surface area contributed by atoms with E-state index >= 15 is 0 Å². The Kier molecular flexibility index (Phi) is 11.5. The number of phosphoric ester groups is 1. The normalized spacial score (nSPS) is 23.9. The lowest BCUT2D eigenvalue weighted by Gasteiger charge is -2.33. The molecule has 4 heterocycles. The van der Waals surface area contributed by atoms with Crippen molar-refractivity contribution in [3.8, 4) is 0 Å². The second-order valence-electron chi connectivity index (χ2n) is 11.3. The number of nitrogens with two attached hydrogens (primary N) is 1. The van der Waals surface area contributed by atoms with Gasteiger partial charge < -0.3 is 54.3 Å². The molecule has 1 aliphatic rings. The van der Waals surface area contributed by atoms with Gasteiger partial charge in [-0.1, -0.05) is 33.0 Å². The van der Waals surface area contributed by atoms with Gasteiger partial charge in [0, 0.05) is 11.5 Å². The van der Waals surface area contributed by atoms with Crippen LogP contribution >= 0.6 is 35.7 Å². The Bertz CT molecular complexity index is 1850. The number of aromatic amines is 2. The Hall–Kier alpha value is -2.46. The molecular weight excluding hydrogens is 725 g/mol. The zero-order valence-electron chi connectivity index (χ0n) is 25.5. The van der Waals surface area contributed by atoms with Gasteiger partial charge in [-0.05, 0) is 0 Å². The molecule has 3 aromatic heterocycles. The van der Waals surface area contributed by atoms with Gasteiger partial charge in [-0.3, -0.25) is 23.1 Å². The summed E-state index contributed by atoms with van der Waals surface area (Å²) in [5.74, 6) is -0.670. The quantitative estimate of drug-likeness (QED) is 0.0719. The van der Waals surface area contributed by atoms with Crippen LogP contribution in [0.2, 0.25) is 0 Å². The van der Waals surface area contributed by atoms with Crippen molar-refractivity contribution < 1.29 is 70.1 Å². The summed E-state index contributed by atoms with van der Waals surface area (Å²) >= 11 is 5.20. The number of hydrogen-bond donors (Lipinski definition) is 5. The summed E-state index contributed by atoms with van der Waals surface area (Å²) in [6, 6.07) is 1.90. The number of H-pyrrole nitrogens is 2. The third kappa shape index (κ3) is 9.61. The number of nitrogen functional groups attached to an aromatic ring is 1. The number of hydrogen-bond acceptors (Lipinski definition) is 17. The lowest BCUT2D eigenvalue weighted by atomic mass is 9.92. The smallest absolute Gasteiger partial charge is 0.280 e. The number of carbonyl (C=O) groups excluding carboxylic acids is 1. The predicted octanol–water partition coefficient (Wildman–Crippen LogP) is -1.38. The molecule has 0 aliphatic carbocycles. The van der Waals surface area contributed by atoms with Crippen LogP contribution in [0.3, 0.4) is 0 Å². The number of nitrogens with one attached hydrogen (secondary N) is 3. The van der Waals surface area contributed by atoms with Gasteiger partial charge in [0.1, 0.15) is 49.7 Å². The Morgan fingerprint density at radius 2 is 1.94 bits per heavy atom. The first-order chi connectivity index (χ1) is 22.1. The van der Waals surface area contributed by atoms with Crippen LogP contribution in [0.5, 0.6) is 0 Å². The van der Waals surface area contributed by atoms with E-state index in [1.807, 2.05) is 26.8 Å². The second-order valence-corrected chi connectivity index (χ2v) is 16.0. The van der Waals surface area contributed by atoms with Crippen molar-refractivity contribution in [1.29, 1.82) is 0 Å². The molecule has 48 heavy (non-hydrogen) atoms. The third-order valence-corrected chi connectivity index (χ3v) is 10.7. The zero-order chi connectivity index (χ0) is 35.8. The molecule has 1 aliphatic heterocycles. The van der Waals surface area contributed by atoms with Gasteiger partial charge in [0.05, 0.1) is 18.6 Å². The largest absolute Gasteiger partial charge is 0.756 e. The van der Waals surface area contributed by atoms with Crippen molar-refractivity contribution in [2.24, 2.45) is 7.05 Å². The summed E-state index contributed by atoms with van der Waals surface area (Å²) in [5, 5.41) is 5.93. The summed E-state index contributed by atoms with van der Waals surface area (Å²) in [4.78, 5) is 66.8. The van der Waals surface area contributed by atoms with E-state index in [0.29, 0.717) is 0 Å². The Morgan fingerprint density at radius 3 is 2.54 bits per heavy atom. The van der Waals surface area contributed by atoms with Crippen LogP contribution in [0.25, 0.3) is 11.2 Å². The average Bonchev–Trinajstić information content (AvgIpc) is 3.61. The highest BCUT2D eigenvalue weighted by molar-refractivity contribution is 7.71. The molecule has 7 atom stereocenters. The first-order valence-corrected chi connectivity index (χ1v) is 18.3. The van der Waals surface area contributed by atoms with Crippen molar-refractivity contribution in [3.63, 3.8) is 0 Å². The molecule has 0 saturated carbocycles. The molecule has 266 valence electrons. The number of carbonyl (C=O) groups is 1. The molecule has 4 unspecified atom stereocenters. The summed E-state index contributed by atoms with van der Waals surface area (Å²) in [6.07, 6.45) is -4.24. The van der Waals surface area contributed by atoms with E-state index in [-0.39, 0.29) is 33.7 Å². The number of aryl methyl sites for hydroxylation is 1. The fourth-order valence-electron chi connectivity index (χ4n) is 4.52. The topological polar surface area (TPSA) is 317 Å². The minimum absolute atomic E-state index is 0.0214. The zero-order valence-corrected chi connectivity index (χ0v) is 29.0. The Morgan fingerprint density at radius 1 is 1.25 bits per heavy atom. The molecular formula is C22H31N8O14P3S-2. The van der Waals surface area contributed by atoms with E-state index < -0.39 is 67.1 Å². The third-order valence-electron chi connectivity index (χ3n) is 6.69. The fourth-order valence-corrected chi connectivity index (χ4v) is 7.66. The van der Waals surface area contributed by atoms with Gasteiger partial charge in [0.15, 0.2) is 23.9 Å². The van der Waals surface area contributed by atoms with Crippen molar-refractivity contribution in [2.45, 2.75) is 57.3 Å². The van der Waals surface area contributed by atoms with Crippen LogP contribution in [0.1, 0.15) is 38.4 Å². The predicted molar refractivity (Wildman–Crippen MR) is 156 cm³/mol. The van der Waals surface area contributed by atoms with Crippen LogP contribution in [0.4, 0.5) is 5.95 Å². The molecule has 1 amide bonds.